The highest BCUT2D eigenvalue weighted by Gasteiger charge is 2.08. The highest BCUT2D eigenvalue weighted by atomic mass is 32.2. The van der Waals surface area contributed by atoms with Crippen LogP contribution >= 0.6 is 0 Å². The van der Waals surface area contributed by atoms with Gasteiger partial charge in [0.25, 0.3) is 0 Å². The van der Waals surface area contributed by atoms with Crippen molar-refractivity contribution in [2.24, 2.45) is 0 Å². The van der Waals surface area contributed by atoms with E-state index in [9.17, 15) is 13.5 Å². The van der Waals surface area contributed by atoms with Gasteiger partial charge in [-0.25, -0.2) is 8.42 Å². The molecular formula is C14H14O3S. The lowest BCUT2D eigenvalue weighted by Gasteiger charge is -2.06. The SMILES string of the molecule is Cc1cc(O)cc(-c2cccc(S(C)(=O)=O)c2)c1. The summed E-state index contributed by atoms with van der Waals surface area (Å²) >= 11 is 0. The van der Waals surface area contributed by atoms with Gasteiger partial charge in [-0.15, -0.1) is 0 Å². The van der Waals surface area contributed by atoms with Gasteiger partial charge in [0.1, 0.15) is 5.75 Å². The van der Waals surface area contributed by atoms with E-state index in [1.54, 1.807) is 30.3 Å². The Bertz CT molecular complexity index is 668. The largest absolute Gasteiger partial charge is 0.508 e. The van der Waals surface area contributed by atoms with Crippen molar-refractivity contribution < 1.29 is 13.5 Å². The molecule has 2 aromatic carbocycles. The average molecular weight is 262 g/mol. The van der Waals surface area contributed by atoms with Crippen LogP contribution in [0.25, 0.3) is 11.1 Å². The van der Waals surface area contributed by atoms with Gasteiger partial charge >= 0.3 is 0 Å². The number of sulfone groups is 1. The smallest absolute Gasteiger partial charge is 0.175 e. The molecule has 0 aliphatic carbocycles. The van der Waals surface area contributed by atoms with Crippen LogP contribution in [-0.2, 0) is 9.84 Å². The van der Waals surface area contributed by atoms with Crippen LogP contribution in [0.15, 0.2) is 47.4 Å². The van der Waals surface area contributed by atoms with Gasteiger partial charge in [0.2, 0.25) is 0 Å². The number of phenols is 1. The fourth-order valence-corrected chi connectivity index (χ4v) is 2.50. The molecule has 0 aliphatic heterocycles. The Kier molecular flexibility index (Phi) is 3.13. The Morgan fingerprint density at radius 1 is 1.00 bits per heavy atom. The van der Waals surface area contributed by atoms with Crippen molar-refractivity contribution in [2.75, 3.05) is 6.26 Å². The molecule has 94 valence electrons. The molecule has 0 unspecified atom stereocenters. The van der Waals surface area contributed by atoms with Crippen molar-refractivity contribution in [1.82, 2.24) is 0 Å². The summed E-state index contributed by atoms with van der Waals surface area (Å²) in [7, 11) is -3.22. The van der Waals surface area contributed by atoms with Crippen LogP contribution < -0.4 is 0 Å². The van der Waals surface area contributed by atoms with Crippen molar-refractivity contribution in [3.63, 3.8) is 0 Å². The second-order valence-electron chi connectivity index (χ2n) is 4.36. The van der Waals surface area contributed by atoms with Crippen LogP contribution in [0.4, 0.5) is 0 Å². The van der Waals surface area contributed by atoms with Crippen LogP contribution in [-0.4, -0.2) is 19.8 Å². The van der Waals surface area contributed by atoms with E-state index in [1.807, 2.05) is 19.1 Å². The Balaban J connectivity index is 2.58. The summed E-state index contributed by atoms with van der Waals surface area (Å²) in [5.74, 6) is 0.176. The van der Waals surface area contributed by atoms with Gasteiger partial charge in [-0.2, -0.15) is 0 Å². The fourth-order valence-electron chi connectivity index (χ4n) is 1.84. The minimum atomic E-state index is -3.22. The van der Waals surface area contributed by atoms with Gasteiger partial charge < -0.3 is 5.11 Å². The van der Waals surface area contributed by atoms with Crippen molar-refractivity contribution in [3.05, 3.63) is 48.0 Å². The molecule has 0 fully saturated rings. The number of aryl methyl sites for hydroxylation is 1. The van der Waals surface area contributed by atoms with Gasteiger partial charge in [-0.3, -0.25) is 0 Å². The molecule has 0 bridgehead atoms. The minimum Gasteiger partial charge on any atom is -0.508 e. The monoisotopic (exact) mass is 262 g/mol. The summed E-state index contributed by atoms with van der Waals surface area (Å²) in [5.41, 5.74) is 2.50. The first-order valence-electron chi connectivity index (χ1n) is 5.47. The van der Waals surface area contributed by atoms with E-state index in [-0.39, 0.29) is 10.6 Å². The van der Waals surface area contributed by atoms with Crippen molar-refractivity contribution in [1.29, 1.82) is 0 Å². The zero-order chi connectivity index (χ0) is 13.3. The predicted molar refractivity (Wildman–Crippen MR) is 71.4 cm³/mol. The summed E-state index contributed by atoms with van der Waals surface area (Å²) in [6, 6.07) is 11.9. The summed E-state index contributed by atoms with van der Waals surface area (Å²) in [4.78, 5) is 0.279. The maximum absolute atomic E-state index is 11.5. The molecule has 2 rings (SSSR count). The zero-order valence-electron chi connectivity index (χ0n) is 10.2. The van der Waals surface area contributed by atoms with Gasteiger partial charge in [-0.05, 0) is 47.9 Å². The number of rotatable bonds is 2. The molecule has 1 N–H and O–H groups in total. The summed E-state index contributed by atoms with van der Waals surface area (Å²) in [5, 5.41) is 9.57. The van der Waals surface area contributed by atoms with Crippen molar-refractivity contribution >= 4 is 9.84 Å². The molecular weight excluding hydrogens is 248 g/mol. The molecule has 0 atom stereocenters. The number of phenolic OH excluding ortho intramolecular Hbond substituents is 1. The molecule has 0 radical (unpaired) electrons. The van der Waals surface area contributed by atoms with Crippen LogP contribution in [0.5, 0.6) is 5.75 Å². The number of hydrogen-bond donors (Lipinski definition) is 1. The molecule has 0 saturated carbocycles. The van der Waals surface area contributed by atoms with E-state index in [4.69, 9.17) is 0 Å². The van der Waals surface area contributed by atoms with E-state index < -0.39 is 9.84 Å². The van der Waals surface area contributed by atoms with Gasteiger partial charge in [0.15, 0.2) is 9.84 Å². The summed E-state index contributed by atoms with van der Waals surface area (Å²) < 4.78 is 23.0. The maximum Gasteiger partial charge on any atom is 0.175 e. The lowest BCUT2D eigenvalue weighted by molar-refractivity contribution is 0.475. The lowest BCUT2D eigenvalue weighted by atomic mass is 10.0. The molecule has 0 spiro atoms. The number of aromatic hydroxyl groups is 1. The predicted octanol–water partition coefficient (Wildman–Crippen LogP) is 2.77. The molecule has 4 heteroatoms. The van der Waals surface area contributed by atoms with Gasteiger partial charge in [-0.1, -0.05) is 18.2 Å². The Morgan fingerprint density at radius 3 is 2.33 bits per heavy atom. The molecule has 0 amide bonds. The Morgan fingerprint density at radius 2 is 1.72 bits per heavy atom. The number of benzene rings is 2. The third-order valence-electron chi connectivity index (χ3n) is 2.66. The minimum absolute atomic E-state index is 0.176. The molecule has 0 saturated heterocycles. The van der Waals surface area contributed by atoms with E-state index in [0.717, 1.165) is 16.7 Å². The topological polar surface area (TPSA) is 54.4 Å². The molecule has 3 nitrogen and oxygen atoms in total. The maximum atomic E-state index is 11.5. The molecule has 0 aliphatic rings. The highest BCUT2D eigenvalue weighted by molar-refractivity contribution is 7.90. The summed E-state index contributed by atoms with van der Waals surface area (Å²) in [6.07, 6.45) is 1.18. The molecule has 0 heterocycles. The standard InChI is InChI=1S/C14H14O3S/c1-10-6-12(8-13(15)7-10)11-4-3-5-14(9-11)18(2,16)17/h3-9,15H,1-2H3. The average Bonchev–Trinajstić information content (AvgIpc) is 2.27. The van der Waals surface area contributed by atoms with Gasteiger partial charge in [0, 0.05) is 6.26 Å². The summed E-state index contributed by atoms with van der Waals surface area (Å²) in [6.45, 7) is 1.88. The van der Waals surface area contributed by atoms with Crippen LogP contribution in [0.1, 0.15) is 5.56 Å². The third kappa shape index (κ3) is 2.71. The van der Waals surface area contributed by atoms with Crippen LogP contribution in [0.3, 0.4) is 0 Å². The normalized spacial score (nSPS) is 11.4. The first-order chi connectivity index (χ1) is 8.36. The van der Waals surface area contributed by atoms with Crippen LogP contribution in [0.2, 0.25) is 0 Å². The second kappa shape index (κ2) is 4.46. The molecule has 2 aromatic rings. The molecule has 0 aromatic heterocycles. The zero-order valence-corrected chi connectivity index (χ0v) is 11.0. The van der Waals surface area contributed by atoms with Crippen molar-refractivity contribution in [3.8, 4) is 16.9 Å². The van der Waals surface area contributed by atoms with E-state index in [1.165, 1.54) is 6.26 Å². The Hall–Kier alpha value is -1.81. The first-order valence-corrected chi connectivity index (χ1v) is 7.36. The molecule has 18 heavy (non-hydrogen) atoms. The fraction of sp³-hybridized carbons (Fsp3) is 0.143. The first kappa shape index (κ1) is 12.6. The van der Waals surface area contributed by atoms with E-state index >= 15 is 0 Å². The Labute approximate surface area is 107 Å². The van der Waals surface area contributed by atoms with Crippen molar-refractivity contribution in [2.45, 2.75) is 11.8 Å². The second-order valence-corrected chi connectivity index (χ2v) is 6.37. The van der Waals surface area contributed by atoms with E-state index in [0.29, 0.717) is 0 Å². The number of hydrogen-bond acceptors (Lipinski definition) is 3. The lowest BCUT2D eigenvalue weighted by Crippen LogP contribution is -1.96. The van der Waals surface area contributed by atoms with E-state index in [2.05, 4.69) is 0 Å². The third-order valence-corrected chi connectivity index (χ3v) is 3.77. The van der Waals surface area contributed by atoms with Crippen LogP contribution in [0, 0.1) is 6.92 Å². The highest BCUT2D eigenvalue weighted by Crippen LogP contribution is 2.26. The van der Waals surface area contributed by atoms with Gasteiger partial charge in [0.05, 0.1) is 4.90 Å². The quantitative estimate of drug-likeness (QED) is 0.905.